The van der Waals surface area contributed by atoms with Crippen molar-refractivity contribution in [3.63, 3.8) is 0 Å². The van der Waals surface area contributed by atoms with Gasteiger partial charge in [0.25, 0.3) is 11.8 Å². The summed E-state index contributed by atoms with van der Waals surface area (Å²) in [5.74, 6) is 0.212. The normalized spacial score (nSPS) is 10.7. The maximum absolute atomic E-state index is 12.7. The lowest BCUT2D eigenvalue weighted by atomic mass is 10.1. The summed E-state index contributed by atoms with van der Waals surface area (Å²) < 4.78 is 10.4. The summed E-state index contributed by atoms with van der Waals surface area (Å²) >= 11 is 1.28. The highest BCUT2D eigenvalue weighted by Gasteiger charge is 2.19. The molecule has 0 aliphatic heterocycles. The zero-order chi connectivity index (χ0) is 22.4. The van der Waals surface area contributed by atoms with Crippen LogP contribution in [-0.4, -0.2) is 32.2 Å². The summed E-state index contributed by atoms with van der Waals surface area (Å²) in [5, 5.41) is 9.09. The first kappa shape index (κ1) is 22.0. The predicted molar refractivity (Wildman–Crippen MR) is 123 cm³/mol. The lowest BCUT2D eigenvalue weighted by Crippen LogP contribution is -2.21. The Morgan fingerprint density at radius 3 is 2.48 bits per heavy atom. The van der Waals surface area contributed by atoms with E-state index >= 15 is 0 Å². The molecule has 31 heavy (non-hydrogen) atoms. The van der Waals surface area contributed by atoms with E-state index < -0.39 is 5.91 Å². The maximum Gasteiger partial charge on any atom is 0.274 e. The van der Waals surface area contributed by atoms with Crippen LogP contribution in [-0.2, 0) is 0 Å². The van der Waals surface area contributed by atoms with Crippen LogP contribution in [0.1, 0.15) is 37.4 Å². The lowest BCUT2D eigenvalue weighted by Gasteiger charge is -2.10. The van der Waals surface area contributed by atoms with Gasteiger partial charge in [0.1, 0.15) is 5.00 Å². The summed E-state index contributed by atoms with van der Waals surface area (Å²) in [7, 11) is 3.03. The van der Waals surface area contributed by atoms with Crippen molar-refractivity contribution < 1.29 is 19.1 Å². The molecular weight excluding hydrogens is 414 g/mol. The maximum atomic E-state index is 12.7. The van der Waals surface area contributed by atoms with Crippen LogP contribution in [0, 0.1) is 13.8 Å². The van der Waals surface area contributed by atoms with E-state index in [9.17, 15) is 9.59 Å². The zero-order valence-electron chi connectivity index (χ0n) is 17.7. The molecule has 0 aliphatic carbocycles. The van der Waals surface area contributed by atoms with Crippen LogP contribution in [0.5, 0.6) is 11.5 Å². The molecule has 2 amide bonds. The fourth-order valence-electron chi connectivity index (χ4n) is 2.94. The van der Waals surface area contributed by atoms with E-state index in [-0.39, 0.29) is 5.91 Å². The summed E-state index contributed by atoms with van der Waals surface area (Å²) in [4.78, 5) is 25.4. The topological polar surface area (TPSA) is 89.0 Å². The van der Waals surface area contributed by atoms with E-state index in [1.807, 2.05) is 43.5 Å². The van der Waals surface area contributed by atoms with Crippen LogP contribution in [0.3, 0.4) is 0 Å². The molecule has 2 N–H and O–H groups in total. The molecule has 7 nitrogen and oxygen atoms in total. The van der Waals surface area contributed by atoms with Gasteiger partial charge in [-0.05, 0) is 48.6 Å². The number of nitrogens with one attached hydrogen (secondary N) is 2. The van der Waals surface area contributed by atoms with Crippen LogP contribution in [0.25, 0.3) is 0 Å². The number of anilines is 1. The summed E-state index contributed by atoms with van der Waals surface area (Å²) in [6.45, 7) is 3.79. The number of carbonyl (C=O) groups is 2. The number of methoxy groups -OCH3 is 2. The lowest BCUT2D eigenvalue weighted by molar-refractivity contribution is 0.0956. The van der Waals surface area contributed by atoms with E-state index in [0.29, 0.717) is 27.6 Å². The van der Waals surface area contributed by atoms with Crippen molar-refractivity contribution in [2.75, 3.05) is 19.5 Å². The van der Waals surface area contributed by atoms with Crippen LogP contribution >= 0.6 is 11.3 Å². The van der Waals surface area contributed by atoms with Gasteiger partial charge in [0, 0.05) is 5.56 Å². The molecule has 0 saturated carbocycles. The number of benzene rings is 2. The van der Waals surface area contributed by atoms with Crippen molar-refractivity contribution in [3.8, 4) is 11.5 Å². The van der Waals surface area contributed by atoms with Gasteiger partial charge < -0.3 is 14.8 Å². The quantitative estimate of drug-likeness (QED) is 0.424. The SMILES string of the molecule is COc1ccc(C(=O)Nc2scc(C)c2C(=O)NN=Cc2cccc(C)c2)cc1OC. The second-order valence-electron chi connectivity index (χ2n) is 6.76. The average molecular weight is 438 g/mol. The Morgan fingerprint density at radius 1 is 1.00 bits per heavy atom. The minimum absolute atomic E-state index is 0.361. The smallest absolute Gasteiger partial charge is 0.274 e. The number of hydrazone groups is 1. The summed E-state index contributed by atoms with van der Waals surface area (Å²) in [6, 6.07) is 12.6. The molecule has 2 aromatic carbocycles. The van der Waals surface area contributed by atoms with Gasteiger partial charge in [0.2, 0.25) is 0 Å². The van der Waals surface area contributed by atoms with Crippen LogP contribution in [0.4, 0.5) is 5.00 Å². The Morgan fingerprint density at radius 2 is 1.77 bits per heavy atom. The minimum Gasteiger partial charge on any atom is -0.493 e. The Labute approximate surface area is 184 Å². The third-order valence-corrected chi connectivity index (χ3v) is 5.51. The van der Waals surface area contributed by atoms with Crippen molar-refractivity contribution in [1.29, 1.82) is 0 Å². The molecule has 0 bridgehead atoms. The van der Waals surface area contributed by atoms with Gasteiger partial charge >= 0.3 is 0 Å². The number of hydrogen-bond acceptors (Lipinski definition) is 6. The fraction of sp³-hybridized carbons (Fsp3) is 0.174. The minimum atomic E-state index is -0.398. The van der Waals surface area contributed by atoms with Crippen LogP contribution < -0.4 is 20.2 Å². The highest BCUT2D eigenvalue weighted by Crippen LogP contribution is 2.30. The third kappa shape index (κ3) is 5.29. The summed E-state index contributed by atoms with van der Waals surface area (Å²) in [5.41, 5.74) is 6.01. The molecule has 3 aromatic rings. The number of rotatable bonds is 7. The van der Waals surface area contributed by atoms with Gasteiger partial charge in [-0.2, -0.15) is 5.10 Å². The van der Waals surface area contributed by atoms with Crippen LogP contribution in [0.2, 0.25) is 0 Å². The Hall–Kier alpha value is -3.65. The molecule has 0 aliphatic rings. The van der Waals surface area contributed by atoms with Crippen molar-refractivity contribution >= 4 is 34.4 Å². The zero-order valence-corrected chi connectivity index (χ0v) is 18.5. The number of ether oxygens (including phenoxy) is 2. The number of hydrogen-bond donors (Lipinski definition) is 2. The number of carbonyl (C=O) groups excluding carboxylic acids is 2. The Bertz CT molecular complexity index is 1140. The van der Waals surface area contributed by atoms with Gasteiger partial charge in [-0.25, -0.2) is 5.43 Å². The monoisotopic (exact) mass is 437 g/mol. The second kappa shape index (κ2) is 9.90. The molecule has 0 saturated heterocycles. The van der Waals surface area contributed by atoms with E-state index in [4.69, 9.17) is 9.47 Å². The van der Waals surface area contributed by atoms with E-state index in [2.05, 4.69) is 15.8 Å². The highest BCUT2D eigenvalue weighted by molar-refractivity contribution is 7.15. The number of amides is 2. The van der Waals surface area contributed by atoms with Crippen molar-refractivity contribution in [1.82, 2.24) is 5.43 Å². The first-order chi connectivity index (χ1) is 14.9. The molecule has 0 unspecified atom stereocenters. The standard InChI is InChI=1S/C23H23N3O4S/c1-14-6-5-7-16(10-14)12-24-26-22(28)20-15(2)13-31-23(20)25-21(27)17-8-9-18(29-3)19(11-17)30-4/h5-13H,1-4H3,(H,25,27)(H,26,28). The number of thiophene rings is 1. The second-order valence-corrected chi connectivity index (χ2v) is 7.64. The average Bonchev–Trinajstić information content (AvgIpc) is 3.13. The predicted octanol–water partition coefficient (Wildman–Crippen LogP) is 4.40. The van der Waals surface area contributed by atoms with Gasteiger partial charge in [0.05, 0.1) is 26.0 Å². The Balaban J connectivity index is 1.74. The van der Waals surface area contributed by atoms with Gasteiger partial charge in [-0.15, -0.1) is 11.3 Å². The van der Waals surface area contributed by atoms with E-state index in [1.54, 1.807) is 24.4 Å². The first-order valence-electron chi connectivity index (χ1n) is 9.44. The molecule has 3 rings (SSSR count). The Kier molecular flexibility index (Phi) is 7.04. The van der Waals surface area contributed by atoms with Gasteiger partial charge in [0.15, 0.2) is 11.5 Å². The first-order valence-corrected chi connectivity index (χ1v) is 10.3. The van der Waals surface area contributed by atoms with Crippen molar-refractivity contribution in [2.45, 2.75) is 13.8 Å². The summed E-state index contributed by atoms with van der Waals surface area (Å²) in [6.07, 6.45) is 1.58. The third-order valence-electron chi connectivity index (χ3n) is 4.50. The highest BCUT2D eigenvalue weighted by atomic mass is 32.1. The number of nitrogens with zero attached hydrogens (tertiary/aromatic N) is 1. The molecule has 0 atom stereocenters. The number of aryl methyl sites for hydroxylation is 2. The molecule has 1 aromatic heterocycles. The van der Waals surface area contributed by atoms with Gasteiger partial charge in [-0.3, -0.25) is 9.59 Å². The molecular formula is C23H23N3O4S. The fourth-order valence-corrected chi connectivity index (χ4v) is 3.88. The molecule has 8 heteroatoms. The molecule has 1 heterocycles. The van der Waals surface area contributed by atoms with Crippen LogP contribution in [0.15, 0.2) is 52.9 Å². The molecule has 0 fully saturated rings. The van der Waals surface area contributed by atoms with E-state index in [0.717, 1.165) is 16.7 Å². The van der Waals surface area contributed by atoms with Crippen molar-refractivity contribution in [3.05, 3.63) is 75.7 Å². The van der Waals surface area contributed by atoms with Gasteiger partial charge in [-0.1, -0.05) is 29.8 Å². The van der Waals surface area contributed by atoms with E-state index in [1.165, 1.54) is 25.6 Å². The largest absolute Gasteiger partial charge is 0.493 e. The van der Waals surface area contributed by atoms with Crippen molar-refractivity contribution in [2.24, 2.45) is 5.10 Å². The molecule has 0 radical (unpaired) electrons. The molecule has 160 valence electrons. The molecule has 0 spiro atoms.